The van der Waals surface area contributed by atoms with Gasteiger partial charge in [0.05, 0.1) is 11.4 Å². The number of nitrogens with one attached hydrogen (secondary N) is 2. The van der Waals surface area contributed by atoms with Crippen LogP contribution in [0, 0.1) is 0 Å². The molecule has 0 bridgehead atoms. The highest BCUT2D eigenvalue weighted by Gasteiger charge is 2.25. The van der Waals surface area contributed by atoms with Crippen LogP contribution in [0.25, 0.3) is 11.0 Å². The second-order valence-electron chi connectivity index (χ2n) is 6.92. The molecule has 1 aliphatic heterocycles. The number of fused-ring (bicyclic) bond motifs is 1. The first-order valence-electron chi connectivity index (χ1n) is 9.52. The fourth-order valence-corrected chi connectivity index (χ4v) is 4.89. The monoisotopic (exact) mass is 414 g/mol. The number of amides is 2. The second-order valence-corrected chi connectivity index (χ2v) is 8.86. The molecule has 1 aromatic heterocycles. The molecule has 1 aliphatic rings. The lowest BCUT2D eigenvalue weighted by molar-refractivity contribution is 0.251. The predicted octanol–water partition coefficient (Wildman–Crippen LogP) is 3.32. The number of piperidine rings is 1. The molecular weight excluding hydrogens is 392 g/mol. The van der Waals surface area contributed by atoms with Crippen LogP contribution in [0.2, 0.25) is 0 Å². The lowest BCUT2D eigenvalue weighted by atomic mass is 10.2. The van der Waals surface area contributed by atoms with Gasteiger partial charge in [0.1, 0.15) is 5.69 Å². The highest BCUT2D eigenvalue weighted by atomic mass is 32.2. The van der Waals surface area contributed by atoms with E-state index in [2.05, 4.69) is 15.8 Å². The summed E-state index contributed by atoms with van der Waals surface area (Å²) in [5, 5.41) is 10.2. The van der Waals surface area contributed by atoms with Crippen molar-refractivity contribution in [2.24, 2.45) is 0 Å². The number of hydrogen-bond acceptors (Lipinski definition) is 5. The Balaban J connectivity index is 1.36. The third kappa shape index (κ3) is 4.25. The summed E-state index contributed by atoms with van der Waals surface area (Å²) < 4.78 is 32.1. The van der Waals surface area contributed by atoms with Gasteiger partial charge in [-0.25, -0.2) is 13.2 Å². The summed E-state index contributed by atoms with van der Waals surface area (Å²) in [5.41, 5.74) is 1.80. The highest BCUT2D eigenvalue weighted by molar-refractivity contribution is 7.89. The number of sulfonamides is 1. The maximum absolute atomic E-state index is 12.7. The van der Waals surface area contributed by atoms with Crippen molar-refractivity contribution in [2.45, 2.75) is 30.7 Å². The van der Waals surface area contributed by atoms with Crippen LogP contribution >= 0.6 is 0 Å². The van der Waals surface area contributed by atoms with Gasteiger partial charge in [-0.1, -0.05) is 23.7 Å². The minimum absolute atomic E-state index is 0.213. The Labute approximate surface area is 168 Å². The third-order valence-electron chi connectivity index (χ3n) is 4.93. The molecule has 8 nitrogen and oxygen atoms in total. The van der Waals surface area contributed by atoms with Gasteiger partial charge in [0.25, 0.3) is 0 Å². The molecule has 0 atom stereocenters. The first kappa shape index (κ1) is 19.4. The Morgan fingerprint density at radius 1 is 1.03 bits per heavy atom. The molecule has 1 fully saturated rings. The van der Waals surface area contributed by atoms with Crippen molar-refractivity contribution in [1.29, 1.82) is 0 Å². The van der Waals surface area contributed by atoms with Crippen molar-refractivity contribution in [3.8, 4) is 0 Å². The second kappa shape index (κ2) is 8.22. The molecular formula is C20H22N4O4S. The van der Waals surface area contributed by atoms with E-state index in [-0.39, 0.29) is 11.4 Å². The first-order chi connectivity index (χ1) is 14.0. The molecule has 0 spiro atoms. The molecule has 29 heavy (non-hydrogen) atoms. The van der Waals surface area contributed by atoms with Gasteiger partial charge in [-0.3, -0.25) is 0 Å². The fraction of sp³-hybridized carbons (Fsp3) is 0.300. The van der Waals surface area contributed by atoms with E-state index in [9.17, 15) is 13.2 Å². The van der Waals surface area contributed by atoms with E-state index in [1.165, 1.54) is 16.4 Å². The predicted molar refractivity (Wildman–Crippen MR) is 109 cm³/mol. The smallest absolute Gasteiger partial charge is 0.319 e. The largest absolute Gasteiger partial charge is 0.356 e. The zero-order chi connectivity index (χ0) is 20.3. The van der Waals surface area contributed by atoms with E-state index < -0.39 is 16.1 Å². The molecule has 2 N–H and O–H groups in total. The van der Waals surface area contributed by atoms with Crippen LogP contribution in [0.4, 0.5) is 10.5 Å². The summed E-state index contributed by atoms with van der Waals surface area (Å²) in [6.07, 6.45) is 2.84. The molecule has 3 aromatic rings. The number of benzene rings is 2. The number of anilines is 1. The maximum atomic E-state index is 12.7. The Morgan fingerprint density at radius 2 is 1.76 bits per heavy atom. The van der Waals surface area contributed by atoms with Crippen molar-refractivity contribution < 1.29 is 17.7 Å². The van der Waals surface area contributed by atoms with E-state index in [0.717, 1.165) is 24.6 Å². The Morgan fingerprint density at radius 3 is 2.52 bits per heavy atom. The van der Waals surface area contributed by atoms with Crippen molar-refractivity contribution in [3.05, 3.63) is 54.2 Å². The quantitative estimate of drug-likeness (QED) is 0.666. The van der Waals surface area contributed by atoms with Crippen molar-refractivity contribution in [2.75, 3.05) is 18.4 Å². The summed E-state index contributed by atoms with van der Waals surface area (Å²) in [7, 11) is -3.48. The molecule has 9 heteroatoms. The van der Waals surface area contributed by atoms with E-state index in [1.54, 1.807) is 12.1 Å². The number of carbonyl (C=O) groups is 1. The van der Waals surface area contributed by atoms with Crippen LogP contribution in [-0.4, -0.2) is 37.0 Å². The number of urea groups is 1. The van der Waals surface area contributed by atoms with Crippen molar-refractivity contribution in [1.82, 2.24) is 14.8 Å². The third-order valence-corrected chi connectivity index (χ3v) is 6.85. The van der Waals surface area contributed by atoms with E-state index in [1.807, 2.05) is 24.3 Å². The molecule has 152 valence electrons. The molecule has 2 aromatic carbocycles. The molecule has 0 saturated carbocycles. The van der Waals surface area contributed by atoms with Crippen LogP contribution in [0.15, 0.2) is 57.9 Å². The summed E-state index contributed by atoms with van der Waals surface area (Å²) in [6, 6.07) is 13.2. The number of carbonyl (C=O) groups excluding carboxylic acids is 1. The Hall–Kier alpha value is -2.91. The van der Waals surface area contributed by atoms with E-state index in [4.69, 9.17) is 4.52 Å². The topological polar surface area (TPSA) is 105 Å². The van der Waals surface area contributed by atoms with Crippen LogP contribution in [-0.2, 0) is 16.6 Å². The van der Waals surface area contributed by atoms with Crippen LogP contribution in [0.5, 0.6) is 0 Å². The molecule has 1 saturated heterocycles. The molecule has 0 unspecified atom stereocenters. The van der Waals surface area contributed by atoms with Crippen molar-refractivity contribution in [3.63, 3.8) is 0 Å². The van der Waals surface area contributed by atoms with Gasteiger partial charge in [0, 0.05) is 24.2 Å². The molecule has 2 heterocycles. The minimum Gasteiger partial charge on any atom is -0.356 e. The van der Waals surface area contributed by atoms with Gasteiger partial charge < -0.3 is 15.2 Å². The molecule has 4 rings (SSSR count). The SMILES string of the molecule is O=C(NCc1noc2ccccc12)Nc1ccc(S(=O)(=O)N2CCCCC2)cc1. The number of hydrogen-bond donors (Lipinski definition) is 2. The zero-order valence-electron chi connectivity index (χ0n) is 15.8. The van der Waals surface area contributed by atoms with Crippen LogP contribution in [0.3, 0.4) is 0 Å². The van der Waals surface area contributed by atoms with Crippen LogP contribution in [0.1, 0.15) is 25.0 Å². The van der Waals surface area contributed by atoms with E-state index in [0.29, 0.717) is 30.1 Å². The average Bonchev–Trinajstić information content (AvgIpc) is 3.16. The fourth-order valence-electron chi connectivity index (χ4n) is 3.37. The van der Waals surface area contributed by atoms with Gasteiger partial charge in [0.15, 0.2) is 5.58 Å². The first-order valence-corrected chi connectivity index (χ1v) is 11.0. The van der Waals surface area contributed by atoms with Crippen molar-refractivity contribution >= 4 is 32.7 Å². The number of rotatable bonds is 5. The van der Waals surface area contributed by atoms with Gasteiger partial charge in [-0.2, -0.15) is 4.31 Å². The number of para-hydroxylation sites is 1. The molecule has 2 amide bonds. The summed E-state index contributed by atoms with van der Waals surface area (Å²) in [4.78, 5) is 12.4. The summed E-state index contributed by atoms with van der Waals surface area (Å²) in [6.45, 7) is 1.33. The van der Waals surface area contributed by atoms with Crippen LogP contribution < -0.4 is 10.6 Å². The van der Waals surface area contributed by atoms with Gasteiger partial charge in [0.2, 0.25) is 10.0 Å². The Bertz CT molecular complexity index is 1100. The van der Waals surface area contributed by atoms with Gasteiger partial charge in [-0.15, -0.1) is 0 Å². The minimum atomic E-state index is -3.48. The standard InChI is InChI=1S/C20H22N4O4S/c25-20(21-14-18-17-6-2-3-7-19(17)28-23-18)22-15-8-10-16(11-9-15)29(26,27)24-12-4-1-5-13-24/h2-3,6-11H,1,4-5,12-14H2,(H2,21,22,25). The lowest BCUT2D eigenvalue weighted by Crippen LogP contribution is -2.35. The Kier molecular flexibility index (Phi) is 5.50. The molecule has 0 radical (unpaired) electrons. The summed E-state index contributed by atoms with van der Waals surface area (Å²) in [5.74, 6) is 0. The zero-order valence-corrected chi connectivity index (χ0v) is 16.6. The highest BCUT2D eigenvalue weighted by Crippen LogP contribution is 2.22. The summed E-state index contributed by atoms with van der Waals surface area (Å²) >= 11 is 0. The normalized spacial score (nSPS) is 15.3. The van der Waals surface area contributed by atoms with Gasteiger partial charge >= 0.3 is 6.03 Å². The average molecular weight is 414 g/mol. The maximum Gasteiger partial charge on any atom is 0.319 e. The lowest BCUT2D eigenvalue weighted by Gasteiger charge is -2.25. The number of nitrogens with zero attached hydrogens (tertiary/aromatic N) is 2. The number of aromatic nitrogens is 1. The van der Waals surface area contributed by atoms with E-state index >= 15 is 0 Å². The molecule has 0 aliphatic carbocycles. The van der Waals surface area contributed by atoms with Gasteiger partial charge in [-0.05, 0) is 49.2 Å².